The van der Waals surface area contributed by atoms with Gasteiger partial charge < -0.3 is 4.74 Å². The number of sulfonamides is 1. The zero-order valence-corrected chi connectivity index (χ0v) is 21.9. The normalized spacial score (nSPS) is 14.7. The van der Waals surface area contributed by atoms with Crippen molar-refractivity contribution >= 4 is 54.2 Å². The predicted molar refractivity (Wildman–Crippen MR) is 142 cm³/mol. The van der Waals surface area contributed by atoms with Crippen LogP contribution in [0.4, 0.5) is 5.13 Å². The molecule has 1 fully saturated rings. The Bertz CT molecular complexity index is 1500. The van der Waals surface area contributed by atoms with Gasteiger partial charge in [0.1, 0.15) is 0 Å². The van der Waals surface area contributed by atoms with E-state index in [9.17, 15) is 13.2 Å². The smallest absolute Gasteiger partial charge is 0.260 e. The second-order valence-corrected chi connectivity index (χ2v) is 11.9. The minimum absolute atomic E-state index is 0.154. The molecule has 0 unspecified atom stereocenters. The van der Waals surface area contributed by atoms with Crippen LogP contribution < -0.4 is 4.90 Å². The second-order valence-electron chi connectivity index (χ2n) is 8.48. The van der Waals surface area contributed by atoms with Gasteiger partial charge in [-0.15, -0.1) is 0 Å². The largest absolute Gasteiger partial charge is 0.379 e. The van der Waals surface area contributed by atoms with Crippen molar-refractivity contribution in [3.05, 3.63) is 88.4 Å². The number of carbonyl (C=O) groups is 1. The van der Waals surface area contributed by atoms with Crippen LogP contribution in [0.3, 0.4) is 0 Å². The topological polar surface area (TPSA) is 79.8 Å². The van der Waals surface area contributed by atoms with Gasteiger partial charge in [-0.1, -0.05) is 53.3 Å². The number of amides is 1. The number of hydrogen-bond acceptors (Lipinski definition) is 6. The first-order valence-corrected chi connectivity index (χ1v) is 14.1. The highest BCUT2D eigenvalue weighted by atomic mass is 35.5. The summed E-state index contributed by atoms with van der Waals surface area (Å²) in [6, 6.07) is 19.5. The number of ether oxygens (including phenoxy) is 1. The van der Waals surface area contributed by atoms with Gasteiger partial charge in [0, 0.05) is 23.7 Å². The maximum Gasteiger partial charge on any atom is 0.260 e. The average Bonchev–Trinajstić information content (AvgIpc) is 3.32. The fourth-order valence-electron chi connectivity index (χ4n) is 4.11. The third-order valence-electron chi connectivity index (χ3n) is 6.01. The van der Waals surface area contributed by atoms with Gasteiger partial charge in [0.2, 0.25) is 10.0 Å². The van der Waals surface area contributed by atoms with Gasteiger partial charge in [-0.05, 0) is 54.4 Å². The molecule has 1 amide bonds. The highest BCUT2D eigenvalue weighted by molar-refractivity contribution is 7.89. The number of nitrogens with zero attached hydrogens (tertiary/aromatic N) is 3. The molecule has 0 atom stereocenters. The Morgan fingerprint density at radius 3 is 2.47 bits per heavy atom. The first-order valence-electron chi connectivity index (χ1n) is 11.4. The molecule has 1 aliphatic heterocycles. The van der Waals surface area contributed by atoms with Crippen molar-refractivity contribution in [3.8, 4) is 0 Å². The van der Waals surface area contributed by atoms with Crippen LogP contribution in [0.2, 0.25) is 5.02 Å². The van der Waals surface area contributed by atoms with Gasteiger partial charge in [-0.3, -0.25) is 9.69 Å². The fraction of sp³-hybridized carbons (Fsp3) is 0.231. The second kappa shape index (κ2) is 10.3. The third kappa shape index (κ3) is 5.02. The van der Waals surface area contributed by atoms with E-state index >= 15 is 0 Å². The van der Waals surface area contributed by atoms with Crippen LogP contribution >= 0.6 is 22.9 Å². The molecule has 2 heterocycles. The number of carbonyl (C=O) groups excluding carboxylic acids is 1. The van der Waals surface area contributed by atoms with E-state index in [2.05, 4.69) is 0 Å². The number of thiazole rings is 1. The van der Waals surface area contributed by atoms with Crippen molar-refractivity contribution in [2.75, 3.05) is 31.2 Å². The van der Waals surface area contributed by atoms with E-state index in [0.29, 0.717) is 48.6 Å². The maximum absolute atomic E-state index is 13.7. The van der Waals surface area contributed by atoms with Crippen LogP contribution in [0.5, 0.6) is 0 Å². The summed E-state index contributed by atoms with van der Waals surface area (Å²) in [5.74, 6) is -0.267. The summed E-state index contributed by atoms with van der Waals surface area (Å²) >= 11 is 7.64. The van der Waals surface area contributed by atoms with Gasteiger partial charge in [-0.2, -0.15) is 4.31 Å². The lowest BCUT2D eigenvalue weighted by Gasteiger charge is -2.26. The van der Waals surface area contributed by atoms with Gasteiger partial charge in [0.15, 0.2) is 5.13 Å². The average molecular weight is 542 g/mol. The summed E-state index contributed by atoms with van der Waals surface area (Å²) in [4.78, 5) is 20.3. The first-order chi connectivity index (χ1) is 17.3. The summed E-state index contributed by atoms with van der Waals surface area (Å²) in [5.41, 5.74) is 3.06. The van der Waals surface area contributed by atoms with Crippen LogP contribution in [-0.4, -0.2) is 49.9 Å². The molecule has 0 spiro atoms. The number of halogens is 1. The molecule has 0 radical (unpaired) electrons. The van der Waals surface area contributed by atoms with Crippen LogP contribution in [-0.2, 0) is 21.3 Å². The van der Waals surface area contributed by atoms with E-state index in [4.69, 9.17) is 21.3 Å². The number of benzene rings is 3. The van der Waals surface area contributed by atoms with E-state index in [1.807, 2.05) is 49.4 Å². The molecule has 0 bridgehead atoms. The highest BCUT2D eigenvalue weighted by Gasteiger charge is 2.27. The Morgan fingerprint density at radius 2 is 1.78 bits per heavy atom. The van der Waals surface area contributed by atoms with Crippen molar-refractivity contribution in [2.24, 2.45) is 0 Å². The number of hydrogen-bond donors (Lipinski definition) is 0. The molecule has 5 rings (SSSR count). The van der Waals surface area contributed by atoms with E-state index in [0.717, 1.165) is 21.3 Å². The number of fused-ring (bicyclic) bond motifs is 1. The number of aromatic nitrogens is 1. The number of morpholine rings is 1. The molecule has 1 saturated heterocycles. The van der Waals surface area contributed by atoms with E-state index in [-0.39, 0.29) is 10.8 Å². The number of anilines is 1. The van der Waals surface area contributed by atoms with Crippen molar-refractivity contribution < 1.29 is 17.9 Å². The molecule has 186 valence electrons. The lowest BCUT2D eigenvalue weighted by molar-refractivity contribution is 0.0730. The summed E-state index contributed by atoms with van der Waals surface area (Å²) in [6.07, 6.45) is 0. The Hall–Kier alpha value is -2.82. The van der Waals surface area contributed by atoms with Crippen LogP contribution in [0.15, 0.2) is 71.6 Å². The molecule has 1 aliphatic rings. The molecule has 4 aromatic rings. The molecule has 10 heteroatoms. The van der Waals surface area contributed by atoms with Crippen LogP contribution in [0.25, 0.3) is 10.2 Å². The molecule has 7 nitrogen and oxygen atoms in total. The predicted octanol–water partition coefficient (Wildman–Crippen LogP) is 5.13. The third-order valence-corrected chi connectivity index (χ3v) is 9.16. The van der Waals surface area contributed by atoms with Crippen LogP contribution in [0.1, 0.15) is 21.5 Å². The Balaban J connectivity index is 1.49. The molecule has 1 aromatic heterocycles. The first kappa shape index (κ1) is 24.9. The standard InChI is InChI=1S/C26H24ClN3O4S2/c1-18-15-21(27)16-23-24(18)28-26(35-23)30(17-19-5-3-2-4-6-19)25(31)20-7-9-22(10-8-20)36(32,33)29-11-13-34-14-12-29/h2-10,15-16H,11-14,17H2,1H3. The quantitative estimate of drug-likeness (QED) is 0.338. The molecular weight excluding hydrogens is 518 g/mol. The molecule has 0 saturated carbocycles. The fourth-order valence-corrected chi connectivity index (χ4v) is 6.94. The zero-order valence-electron chi connectivity index (χ0n) is 19.6. The van der Waals surface area contributed by atoms with E-state index < -0.39 is 10.0 Å². The Morgan fingerprint density at radius 1 is 1.08 bits per heavy atom. The molecule has 36 heavy (non-hydrogen) atoms. The molecule has 3 aromatic carbocycles. The van der Waals surface area contributed by atoms with Crippen molar-refractivity contribution in [1.82, 2.24) is 9.29 Å². The van der Waals surface area contributed by atoms with E-state index in [1.54, 1.807) is 17.0 Å². The monoisotopic (exact) mass is 541 g/mol. The molecule has 0 N–H and O–H groups in total. The van der Waals surface area contributed by atoms with Gasteiger partial charge >= 0.3 is 0 Å². The maximum atomic E-state index is 13.7. The van der Waals surface area contributed by atoms with Gasteiger partial charge in [0.25, 0.3) is 5.91 Å². The summed E-state index contributed by atoms with van der Waals surface area (Å²) < 4.78 is 33.5. The minimum Gasteiger partial charge on any atom is -0.379 e. The van der Waals surface area contributed by atoms with Crippen molar-refractivity contribution in [3.63, 3.8) is 0 Å². The molecule has 0 aliphatic carbocycles. The lowest BCUT2D eigenvalue weighted by Crippen LogP contribution is -2.40. The van der Waals surface area contributed by atoms with Gasteiger partial charge in [0.05, 0.1) is 34.9 Å². The Labute approximate surface area is 218 Å². The number of rotatable bonds is 6. The summed E-state index contributed by atoms with van der Waals surface area (Å²) in [5, 5.41) is 1.17. The number of aryl methyl sites for hydroxylation is 1. The van der Waals surface area contributed by atoms with Crippen molar-refractivity contribution in [1.29, 1.82) is 0 Å². The SMILES string of the molecule is Cc1cc(Cl)cc2sc(N(Cc3ccccc3)C(=O)c3ccc(S(=O)(=O)N4CCOCC4)cc3)nc12. The summed E-state index contributed by atoms with van der Waals surface area (Å²) in [6.45, 7) is 3.63. The Kier molecular flexibility index (Phi) is 7.09. The highest BCUT2D eigenvalue weighted by Crippen LogP contribution is 2.34. The minimum atomic E-state index is -3.65. The zero-order chi connectivity index (χ0) is 25.3. The summed E-state index contributed by atoms with van der Waals surface area (Å²) in [7, 11) is -3.65. The van der Waals surface area contributed by atoms with E-state index in [1.165, 1.54) is 27.8 Å². The lowest BCUT2D eigenvalue weighted by atomic mass is 10.1. The van der Waals surface area contributed by atoms with Crippen LogP contribution in [0, 0.1) is 6.92 Å². The molecular formula is C26H24ClN3O4S2. The van der Waals surface area contributed by atoms with Gasteiger partial charge in [-0.25, -0.2) is 13.4 Å². The van der Waals surface area contributed by atoms with Crippen molar-refractivity contribution in [2.45, 2.75) is 18.4 Å².